The van der Waals surface area contributed by atoms with Crippen molar-refractivity contribution in [1.29, 1.82) is 0 Å². The largest absolute Gasteiger partial charge is 0.278 e. The van der Waals surface area contributed by atoms with E-state index in [1.165, 1.54) is 0 Å². The van der Waals surface area contributed by atoms with Crippen LogP contribution < -0.4 is 0 Å². The fourth-order valence-corrected chi connectivity index (χ4v) is 2.06. The number of halogens is 1. The van der Waals surface area contributed by atoms with Crippen LogP contribution in [0.15, 0.2) is 29.3 Å². The van der Waals surface area contributed by atoms with Gasteiger partial charge < -0.3 is 0 Å². The van der Waals surface area contributed by atoms with Crippen molar-refractivity contribution in [3.8, 4) is 0 Å². The number of rotatable bonds is 1. The van der Waals surface area contributed by atoms with Crippen molar-refractivity contribution < 1.29 is 8.42 Å². The summed E-state index contributed by atoms with van der Waals surface area (Å²) >= 11 is 0. The number of nitrogens with one attached hydrogen (secondary N) is 1. The maximum Gasteiger partial charge on any atom is 0.278 e. The monoisotopic (exact) mass is 216 g/mol. The van der Waals surface area contributed by atoms with Gasteiger partial charge in [0.15, 0.2) is 5.03 Å². The van der Waals surface area contributed by atoms with Crippen LogP contribution in [0, 0.1) is 0 Å². The maximum absolute atomic E-state index is 11.0. The zero-order valence-electron chi connectivity index (χ0n) is 6.36. The van der Waals surface area contributed by atoms with Crippen molar-refractivity contribution >= 4 is 30.6 Å². The molecule has 1 heterocycles. The summed E-state index contributed by atoms with van der Waals surface area (Å²) in [5, 5.41) is 6.64. The standard InChI is InChI=1S/C7H5ClN2O2S/c8-13(11,12)7-5-3-1-2-4-6(5)9-10-7/h1-4H,(H,9,10). The number of fused-ring (bicyclic) bond motifs is 1. The van der Waals surface area contributed by atoms with Crippen LogP contribution in [0.1, 0.15) is 0 Å². The average Bonchev–Trinajstić information content (AvgIpc) is 2.45. The highest BCUT2D eigenvalue weighted by Crippen LogP contribution is 2.22. The van der Waals surface area contributed by atoms with Crippen LogP contribution in [0.4, 0.5) is 0 Å². The molecule has 0 saturated carbocycles. The van der Waals surface area contributed by atoms with Gasteiger partial charge in [-0.2, -0.15) is 5.10 Å². The summed E-state index contributed by atoms with van der Waals surface area (Å²) in [7, 11) is 1.45. The van der Waals surface area contributed by atoms with Crippen LogP contribution in [0.25, 0.3) is 10.9 Å². The van der Waals surface area contributed by atoms with E-state index in [9.17, 15) is 8.42 Å². The van der Waals surface area contributed by atoms with Gasteiger partial charge >= 0.3 is 0 Å². The summed E-state index contributed by atoms with van der Waals surface area (Å²) < 4.78 is 22.0. The van der Waals surface area contributed by atoms with E-state index in [2.05, 4.69) is 10.2 Å². The van der Waals surface area contributed by atoms with E-state index in [1.54, 1.807) is 24.3 Å². The lowest BCUT2D eigenvalue weighted by Crippen LogP contribution is -1.90. The molecule has 0 aliphatic rings. The molecule has 1 N–H and O–H groups in total. The Bertz CT molecular complexity index is 546. The van der Waals surface area contributed by atoms with Gasteiger partial charge in [0.05, 0.1) is 5.52 Å². The van der Waals surface area contributed by atoms with Gasteiger partial charge in [0.2, 0.25) is 0 Å². The Morgan fingerprint density at radius 2 is 2.00 bits per heavy atom. The van der Waals surface area contributed by atoms with E-state index in [4.69, 9.17) is 10.7 Å². The van der Waals surface area contributed by atoms with E-state index < -0.39 is 9.05 Å². The third kappa shape index (κ3) is 1.40. The van der Waals surface area contributed by atoms with Gasteiger partial charge in [-0.25, -0.2) is 8.42 Å². The molecule has 6 heteroatoms. The predicted octanol–water partition coefficient (Wildman–Crippen LogP) is 1.49. The van der Waals surface area contributed by atoms with Crippen molar-refractivity contribution in [3.63, 3.8) is 0 Å². The first-order valence-corrected chi connectivity index (χ1v) is 5.78. The number of para-hydroxylation sites is 1. The molecule has 2 aromatic rings. The minimum atomic E-state index is -3.73. The zero-order chi connectivity index (χ0) is 9.47. The molecule has 0 amide bonds. The number of aromatic nitrogens is 2. The van der Waals surface area contributed by atoms with Gasteiger partial charge in [-0.3, -0.25) is 5.10 Å². The predicted molar refractivity (Wildman–Crippen MR) is 49.1 cm³/mol. The van der Waals surface area contributed by atoms with E-state index in [0.717, 1.165) is 0 Å². The molecule has 0 spiro atoms. The number of benzene rings is 1. The summed E-state index contributed by atoms with van der Waals surface area (Å²) in [6.45, 7) is 0. The van der Waals surface area contributed by atoms with Crippen molar-refractivity contribution in [2.45, 2.75) is 5.03 Å². The first-order chi connectivity index (χ1) is 6.09. The number of aromatic amines is 1. The number of hydrogen-bond acceptors (Lipinski definition) is 3. The molecule has 0 atom stereocenters. The maximum atomic E-state index is 11.0. The molecular weight excluding hydrogens is 212 g/mol. The third-order valence-corrected chi connectivity index (χ3v) is 2.93. The quantitative estimate of drug-likeness (QED) is 0.735. The van der Waals surface area contributed by atoms with Gasteiger partial charge in [-0.1, -0.05) is 12.1 Å². The highest BCUT2D eigenvalue weighted by Gasteiger charge is 2.16. The summed E-state index contributed by atoms with van der Waals surface area (Å²) in [5.41, 5.74) is 0.585. The summed E-state index contributed by atoms with van der Waals surface area (Å²) in [4.78, 5) is 0. The zero-order valence-corrected chi connectivity index (χ0v) is 7.93. The molecule has 0 fully saturated rings. The molecule has 4 nitrogen and oxygen atoms in total. The third-order valence-electron chi connectivity index (χ3n) is 1.67. The molecule has 0 saturated heterocycles. The second kappa shape index (κ2) is 2.71. The molecular formula is C7H5ClN2O2S. The fraction of sp³-hybridized carbons (Fsp3) is 0. The number of nitrogens with zero attached hydrogens (tertiary/aromatic N) is 1. The van der Waals surface area contributed by atoms with Crippen molar-refractivity contribution in [1.82, 2.24) is 10.2 Å². The number of H-pyrrole nitrogens is 1. The Hall–Kier alpha value is -1.07. The highest BCUT2D eigenvalue weighted by atomic mass is 35.7. The first-order valence-electron chi connectivity index (χ1n) is 3.47. The van der Waals surface area contributed by atoms with E-state index >= 15 is 0 Å². The Balaban J connectivity index is 2.87. The molecule has 2 rings (SSSR count). The molecule has 0 bridgehead atoms. The minimum absolute atomic E-state index is 0.0511. The van der Waals surface area contributed by atoms with E-state index in [0.29, 0.717) is 10.9 Å². The normalized spacial score (nSPS) is 12.1. The Labute approximate surface area is 78.9 Å². The second-order valence-electron chi connectivity index (χ2n) is 2.51. The number of hydrogen-bond donors (Lipinski definition) is 1. The van der Waals surface area contributed by atoms with Gasteiger partial charge in [0, 0.05) is 16.1 Å². The SMILES string of the molecule is O=S(=O)(Cl)c1[nH]nc2ccccc12. The van der Waals surface area contributed by atoms with E-state index in [1.807, 2.05) is 0 Å². The molecule has 0 unspecified atom stereocenters. The summed E-state index contributed by atoms with van der Waals surface area (Å²) in [6, 6.07) is 6.85. The van der Waals surface area contributed by atoms with Gasteiger partial charge in [-0.15, -0.1) is 0 Å². The molecule has 0 aliphatic heterocycles. The van der Waals surface area contributed by atoms with E-state index in [-0.39, 0.29) is 5.03 Å². The van der Waals surface area contributed by atoms with Crippen molar-refractivity contribution in [3.05, 3.63) is 24.3 Å². The van der Waals surface area contributed by atoms with Gasteiger partial charge in [0.25, 0.3) is 9.05 Å². The highest BCUT2D eigenvalue weighted by molar-refractivity contribution is 8.13. The van der Waals surface area contributed by atoms with Gasteiger partial charge in [0.1, 0.15) is 0 Å². The Morgan fingerprint density at radius 3 is 2.69 bits per heavy atom. The van der Waals surface area contributed by atoms with Crippen LogP contribution in [0.3, 0.4) is 0 Å². The van der Waals surface area contributed by atoms with Crippen molar-refractivity contribution in [2.75, 3.05) is 0 Å². The minimum Gasteiger partial charge on any atom is -0.265 e. The molecule has 0 radical (unpaired) electrons. The average molecular weight is 217 g/mol. The lowest BCUT2D eigenvalue weighted by atomic mass is 10.3. The lowest BCUT2D eigenvalue weighted by molar-refractivity contribution is 0.606. The van der Waals surface area contributed by atoms with Gasteiger partial charge in [-0.05, 0) is 12.1 Å². The topological polar surface area (TPSA) is 62.8 Å². The lowest BCUT2D eigenvalue weighted by Gasteiger charge is -1.89. The first kappa shape index (κ1) is 8.52. The molecule has 68 valence electrons. The fourth-order valence-electron chi connectivity index (χ4n) is 1.12. The molecule has 1 aromatic heterocycles. The van der Waals surface area contributed by atoms with Crippen LogP contribution in [-0.2, 0) is 9.05 Å². The smallest absolute Gasteiger partial charge is 0.265 e. The second-order valence-corrected chi connectivity index (χ2v) is 5.01. The Morgan fingerprint density at radius 1 is 1.31 bits per heavy atom. The van der Waals surface area contributed by atoms with Crippen LogP contribution in [0.2, 0.25) is 0 Å². The van der Waals surface area contributed by atoms with Crippen LogP contribution in [-0.4, -0.2) is 18.6 Å². The summed E-state index contributed by atoms with van der Waals surface area (Å²) in [5.74, 6) is 0. The molecule has 13 heavy (non-hydrogen) atoms. The van der Waals surface area contributed by atoms with Crippen LogP contribution >= 0.6 is 10.7 Å². The Kier molecular flexibility index (Phi) is 1.78. The summed E-state index contributed by atoms with van der Waals surface area (Å²) in [6.07, 6.45) is 0. The molecule has 0 aliphatic carbocycles. The van der Waals surface area contributed by atoms with Crippen molar-refractivity contribution in [2.24, 2.45) is 0 Å². The van der Waals surface area contributed by atoms with Crippen LogP contribution in [0.5, 0.6) is 0 Å². The molecule has 1 aromatic carbocycles.